The van der Waals surface area contributed by atoms with E-state index in [4.69, 9.17) is 4.74 Å². The number of esters is 1. The van der Waals surface area contributed by atoms with Gasteiger partial charge in [-0.1, -0.05) is 30.3 Å². The zero-order valence-electron chi connectivity index (χ0n) is 15.7. The van der Waals surface area contributed by atoms with E-state index in [0.29, 0.717) is 11.6 Å². The largest absolute Gasteiger partial charge is 0.452 e. The second-order valence-electron chi connectivity index (χ2n) is 6.21. The summed E-state index contributed by atoms with van der Waals surface area (Å²) in [6, 6.07) is 9.52. The zero-order chi connectivity index (χ0) is 21.6. The zero-order valence-corrected chi connectivity index (χ0v) is 15.7. The third kappa shape index (κ3) is 6.06. The van der Waals surface area contributed by atoms with Crippen molar-refractivity contribution in [1.29, 1.82) is 0 Å². The number of ether oxygens (including phenoxy) is 1. The Balaban J connectivity index is 2.00. The van der Waals surface area contributed by atoms with Crippen molar-refractivity contribution in [2.45, 2.75) is 32.4 Å². The topological polar surface area (TPSA) is 84.5 Å². The Morgan fingerprint density at radius 1 is 1.00 bits per heavy atom. The number of carbonyl (C=O) groups excluding carboxylic acids is 3. The van der Waals surface area contributed by atoms with Gasteiger partial charge in [0.05, 0.1) is 18.2 Å². The highest BCUT2D eigenvalue weighted by molar-refractivity contribution is 5.95. The second kappa shape index (κ2) is 9.72. The van der Waals surface area contributed by atoms with E-state index >= 15 is 0 Å². The predicted molar refractivity (Wildman–Crippen MR) is 98.1 cm³/mol. The Hall–Kier alpha value is -3.36. The number of halogens is 3. The molecule has 0 unspecified atom stereocenters. The van der Waals surface area contributed by atoms with Gasteiger partial charge in [-0.05, 0) is 24.6 Å². The van der Waals surface area contributed by atoms with Gasteiger partial charge in [0.2, 0.25) is 5.91 Å². The summed E-state index contributed by atoms with van der Waals surface area (Å²) in [4.78, 5) is 35.7. The van der Waals surface area contributed by atoms with Gasteiger partial charge in [-0.15, -0.1) is 0 Å². The van der Waals surface area contributed by atoms with Gasteiger partial charge in [-0.2, -0.15) is 0 Å². The monoisotopic (exact) mass is 408 g/mol. The second-order valence-corrected chi connectivity index (χ2v) is 6.21. The average Bonchev–Trinajstić information content (AvgIpc) is 2.68. The van der Waals surface area contributed by atoms with Gasteiger partial charge in [-0.3, -0.25) is 14.4 Å². The summed E-state index contributed by atoms with van der Waals surface area (Å²) < 4.78 is 44.9. The molecule has 0 fully saturated rings. The number of benzene rings is 2. The molecule has 6 nitrogen and oxygen atoms in total. The minimum atomic E-state index is -1.73. The molecule has 0 aliphatic carbocycles. The van der Waals surface area contributed by atoms with Crippen molar-refractivity contribution in [2.24, 2.45) is 0 Å². The van der Waals surface area contributed by atoms with Crippen LogP contribution in [0.15, 0.2) is 42.5 Å². The first kappa shape index (κ1) is 21.9. The van der Waals surface area contributed by atoms with Crippen molar-refractivity contribution in [1.82, 2.24) is 5.32 Å². The summed E-state index contributed by atoms with van der Waals surface area (Å²) in [6.07, 6.45) is -1.59. The minimum absolute atomic E-state index is 0.249. The first-order valence-electron chi connectivity index (χ1n) is 8.65. The highest BCUT2D eigenvalue weighted by Gasteiger charge is 2.24. The molecule has 0 bridgehead atoms. The van der Waals surface area contributed by atoms with Crippen LogP contribution in [0.25, 0.3) is 0 Å². The summed E-state index contributed by atoms with van der Waals surface area (Å²) in [5, 5.41) is 4.65. The van der Waals surface area contributed by atoms with Crippen LogP contribution >= 0.6 is 0 Å². The number of rotatable bonds is 7. The molecular formula is C20H19F3N2O4. The molecule has 29 heavy (non-hydrogen) atoms. The first-order chi connectivity index (χ1) is 13.7. The Bertz CT molecular complexity index is 906. The number of nitrogens with one attached hydrogen (secondary N) is 2. The quantitative estimate of drug-likeness (QED) is 0.544. The summed E-state index contributed by atoms with van der Waals surface area (Å²) >= 11 is 0. The Labute approximate surface area is 165 Å². The molecule has 0 saturated carbocycles. The van der Waals surface area contributed by atoms with Gasteiger partial charge in [-0.25, -0.2) is 13.2 Å². The van der Waals surface area contributed by atoms with Crippen LogP contribution in [-0.2, 0) is 19.1 Å². The lowest BCUT2D eigenvalue weighted by atomic mass is 10.0. The van der Waals surface area contributed by atoms with Crippen LogP contribution in [0, 0.1) is 17.5 Å². The predicted octanol–water partition coefficient (Wildman–Crippen LogP) is 3.24. The number of carbonyl (C=O) groups is 3. The molecule has 0 heterocycles. The Morgan fingerprint density at radius 3 is 2.28 bits per heavy atom. The highest BCUT2D eigenvalue weighted by atomic mass is 19.2. The van der Waals surface area contributed by atoms with Gasteiger partial charge in [0.1, 0.15) is 0 Å². The summed E-state index contributed by atoms with van der Waals surface area (Å²) in [6.45, 7) is 2.54. The molecule has 2 N–H and O–H groups in total. The van der Waals surface area contributed by atoms with Crippen LogP contribution < -0.4 is 10.6 Å². The molecule has 0 radical (unpaired) electrons. The molecule has 0 spiro atoms. The van der Waals surface area contributed by atoms with Crippen molar-refractivity contribution in [2.75, 3.05) is 5.32 Å². The maximum Gasteiger partial charge on any atom is 0.309 e. The van der Waals surface area contributed by atoms with Crippen LogP contribution in [-0.4, -0.2) is 23.9 Å². The third-order valence-electron chi connectivity index (χ3n) is 3.92. The molecule has 0 aliphatic rings. The summed E-state index contributed by atoms with van der Waals surface area (Å²) in [5.41, 5.74) is 0.0813. The van der Waals surface area contributed by atoms with Crippen LogP contribution in [0.2, 0.25) is 0 Å². The van der Waals surface area contributed by atoms with Crippen molar-refractivity contribution in [3.63, 3.8) is 0 Å². The number of hydrogen-bond donors (Lipinski definition) is 2. The van der Waals surface area contributed by atoms with Crippen LogP contribution in [0.3, 0.4) is 0 Å². The van der Waals surface area contributed by atoms with Gasteiger partial charge >= 0.3 is 5.97 Å². The summed E-state index contributed by atoms with van der Waals surface area (Å²) in [7, 11) is 0. The van der Waals surface area contributed by atoms with E-state index in [2.05, 4.69) is 5.32 Å². The molecule has 2 amide bonds. The maximum absolute atomic E-state index is 13.7. The van der Waals surface area contributed by atoms with E-state index in [1.807, 2.05) is 5.32 Å². The molecule has 0 aliphatic heterocycles. The summed E-state index contributed by atoms with van der Waals surface area (Å²) in [5.74, 6) is -6.77. The minimum Gasteiger partial charge on any atom is -0.452 e. The highest BCUT2D eigenvalue weighted by Crippen LogP contribution is 2.21. The standard InChI is InChI=1S/C20H19F3N2O4/c1-11(20(28)25-15-9-8-14(21)18(22)19(15)23)29-17(27)10-16(24-12(2)26)13-6-4-3-5-7-13/h3-9,11,16H,10H2,1-2H3,(H,24,26)(H,25,28)/t11-,16+/m1/s1. The number of amides is 2. The van der Waals surface area contributed by atoms with Crippen molar-refractivity contribution in [3.05, 3.63) is 65.5 Å². The number of anilines is 1. The Morgan fingerprint density at radius 2 is 1.66 bits per heavy atom. The van der Waals surface area contributed by atoms with Gasteiger partial charge < -0.3 is 15.4 Å². The van der Waals surface area contributed by atoms with E-state index < -0.39 is 47.2 Å². The van der Waals surface area contributed by atoms with Gasteiger partial charge in [0.15, 0.2) is 23.6 Å². The number of hydrogen-bond acceptors (Lipinski definition) is 4. The van der Waals surface area contributed by atoms with Crippen LogP contribution in [0.4, 0.5) is 18.9 Å². The smallest absolute Gasteiger partial charge is 0.309 e. The molecule has 2 aromatic rings. The molecule has 9 heteroatoms. The van der Waals surface area contributed by atoms with Crippen LogP contribution in [0.5, 0.6) is 0 Å². The molecule has 0 aromatic heterocycles. The van der Waals surface area contributed by atoms with E-state index in [-0.39, 0.29) is 12.3 Å². The fourth-order valence-corrected chi connectivity index (χ4v) is 2.51. The fourth-order valence-electron chi connectivity index (χ4n) is 2.51. The molecule has 154 valence electrons. The molecule has 2 atom stereocenters. The fraction of sp³-hybridized carbons (Fsp3) is 0.250. The van der Waals surface area contributed by atoms with Crippen molar-refractivity contribution >= 4 is 23.5 Å². The average molecular weight is 408 g/mol. The Kier molecular flexibility index (Phi) is 7.35. The van der Waals surface area contributed by atoms with E-state index in [0.717, 1.165) is 6.07 Å². The normalized spacial score (nSPS) is 12.6. The first-order valence-corrected chi connectivity index (χ1v) is 8.65. The van der Waals surface area contributed by atoms with E-state index in [1.165, 1.54) is 13.8 Å². The lowest BCUT2D eigenvalue weighted by Gasteiger charge is -2.19. The molecule has 0 saturated heterocycles. The molecular weight excluding hydrogens is 389 g/mol. The van der Waals surface area contributed by atoms with E-state index in [9.17, 15) is 27.6 Å². The van der Waals surface area contributed by atoms with E-state index in [1.54, 1.807) is 30.3 Å². The van der Waals surface area contributed by atoms with Crippen molar-refractivity contribution in [3.8, 4) is 0 Å². The van der Waals surface area contributed by atoms with Crippen molar-refractivity contribution < 1.29 is 32.3 Å². The third-order valence-corrected chi connectivity index (χ3v) is 3.92. The lowest BCUT2D eigenvalue weighted by molar-refractivity contribution is -0.153. The van der Waals surface area contributed by atoms with Gasteiger partial charge in [0.25, 0.3) is 5.91 Å². The van der Waals surface area contributed by atoms with Gasteiger partial charge in [0, 0.05) is 6.92 Å². The maximum atomic E-state index is 13.7. The molecule has 2 rings (SSSR count). The molecule has 2 aromatic carbocycles. The SMILES string of the molecule is CC(=O)N[C@@H](CC(=O)O[C@H](C)C(=O)Nc1ccc(F)c(F)c1F)c1ccccc1. The van der Waals surface area contributed by atoms with Crippen LogP contribution in [0.1, 0.15) is 31.9 Å². The lowest BCUT2D eigenvalue weighted by Crippen LogP contribution is -2.33.